The first-order chi connectivity index (χ1) is 6.78. The van der Waals surface area contributed by atoms with Crippen LogP contribution in [0.15, 0.2) is 0 Å². The van der Waals surface area contributed by atoms with E-state index < -0.39 is 11.6 Å². The Kier molecular flexibility index (Phi) is 5.83. The van der Waals surface area contributed by atoms with Crippen LogP contribution in [0, 0.1) is 5.92 Å². The molecule has 1 amide bonds. The van der Waals surface area contributed by atoms with Crippen molar-refractivity contribution in [3.05, 3.63) is 0 Å². The van der Waals surface area contributed by atoms with Crippen molar-refractivity contribution in [2.24, 2.45) is 11.7 Å². The molecule has 0 fully saturated rings. The Hall–Kier alpha value is -0.610. The van der Waals surface area contributed by atoms with Gasteiger partial charge >= 0.3 is 0 Å². The van der Waals surface area contributed by atoms with Gasteiger partial charge in [0, 0.05) is 6.54 Å². The first kappa shape index (κ1) is 14.4. The summed E-state index contributed by atoms with van der Waals surface area (Å²) in [5.41, 5.74) is 4.70. The lowest BCUT2D eigenvalue weighted by Gasteiger charge is -2.26. The molecule has 4 heteroatoms. The molecule has 90 valence electrons. The van der Waals surface area contributed by atoms with Crippen molar-refractivity contribution in [3.8, 4) is 0 Å². The maximum atomic E-state index is 11.4. The van der Waals surface area contributed by atoms with E-state index in [9.17, 15) is 9.90 Å². The highest BCUT2D eigenvalue weighted by Gasteiger charge is 2.23. The Morgan fingerprint density at radius 3 is 2.47 bits per heavy atom. The smallest absolute Gasteiger partial charge is 0.237 e. The minimum atomic E-state index is -0.850. The van der Waals surface area contributed by atoms with Gasteiger partial charge in [-0.15, -0.1) is 0 Å². The fraction of sp³-hybridized carbons (Fsp3) is 0.909. The number of rotatable bonds is 6. The molecule has 0 aliphatic rings. The predicted octanol–water partition coefficient (Wildman–Crippen LogP) is 0.637. The summed E-state index contributed by atoms with van der Waals surface area (Å²) >= 11 is 0. The van der Waals surface area contributed by atoms with Gasteiger partial charge < -0.3 is 16.2 Å². The molecular weight excluding hydrogens is 192 g/mol. The molecule has 0 radical (unpaired) electrons. The standard InChI is InChI=1S/C11H24N2O2/c1-5-9(12)10(14)13-7-11(4,15)6-8(2)3/h8-9,15H,5-7,12H2,1-4H3,(H,13,14)/t9-,11?/m0/s1. The van der Waals surface area contributed by atoms with E-state index in [1.54, 1.807) is 6.92 Å². The molecule has 1 unspecified atom stereocenters. The second kappa shape index (κ2) is 6.08. The number of hydrogen-bond donors (Lipinski definition) is 3. The number of carbonyl (C=O) groups excluding carboxylic acids is 1. The molecule has 0 rings (SSSR count). The third kappa shape index (κ3) is 6.47. The number of hydrogen-bond acceptors (Lipinski definition) is 3. The van der Waals surface area contributed by atoms with E-state index in [-0.39, 0.29) is 12.5 Å². The topological polar surface area (TPSA) is 75.4 Å². The lowest BCUT2D eigenvalue weighted by molar-refractivity contribution is -0.123. The summed E-state index contributed by atoms with van der Waals surface area (Å²) < 4.78 is 0. The molecule has 0 aromatic carbocycles. The monoisotopic (exact) mass is 216 g/mol. The third-order valence-electron chi connectivity index (χ3n) is 2.27. The van der Waals surface area contributed by atoms with Crippen molar-refractivity contribution in [1.29, 1.82) is 0 Å². The summed E-state index contributed by atoms with van der Waals surface area (Å²) in [6, 6.07) is -0.472. The molecule has 0 saturated carbocycles. The van der Waals surface area contributed by atoms with Gasteiger partial charge in [-0.1, -0.05) is 20.8 Å². The van der Waals surface area contributed by atoms with Crippen molar-refractivity contribution in [3.63, 3.8) is 0 Å². The summed E-state index contributed by atoms with van der Waals surface area (Å²) in [4.78, 5) is 11.4. The van der Waals surface area contributed by atoms with Crippen LogP contribution >= 0.6 is 0 Å². The van der Waals surface area contributed by atoms with Crippen LogP contribution in [0.2, 0.25) is 0 Å². The predicted molar refractivity (Wildman–Crippen MR) is 61.4 cm³/mol. The van der Waals surface area contributed by atoms with Gasteiger partial charge in [0.15, 0.2) is 0 Å². The Labute approximate surface area is 92.2 Å². The molecule has 0 aliphatic carbocycles. The van der Waals surface area contributed by atoms with Crippen molar-refractivity contribution >= 4 is 5.91 Å². The van der Waals surface area contributed by atoms with Crippen molar-refractivity contribution in [2.45, 2.75) is 52.2 Å². The molecule has 15 heavy (non-hydrogen) atoms. The molecule has 4 N–H and O–H groups in total. The number of amides is 1. The van der Waals surface area contributed by atoms with E-state index in [4.69, 9.17) is 5.73 Å². The van der Waals surface area contributed by atoms with Crippen LogP contribution in [0.4, 0.5) is 0 Å². The maximum absolute atomic E-state index is 11.4. The van der Waals surface area contributed by atoms with E-state index in [0.29, 0.717) is 18.8 Å². The normalized spacial score (nSPS) is 17.3. The van der Waals surface area contributed by atoms with Gasteiger partial charge in [0.05, 0.1) is 11.6 Å². The fourth-order valence-corrected chi connectivity index (χ4v) is 1.55. The number of carbonyl (C=O) groups is 1. The highest BCUT2D eigenvalue weighted by molar-refractivity contribution is 5.81. The molecule has 0 aromatic heterocycles. The highest BCUT2D eigenvalue weighted by Crippen LogP contribution is 2.14. The molecule has 0 heterocycles. The van der Waals surface area contributed by atoms with E-state index in [1.165, 1.54) is 0 Å². The van der Waals surface area contributed by atoms with Crippen LogP contribution in [0.25, 0.3) is 0 Å². The molecule has 0 aliphatic heterocycles. The molecule has 2 atom stereocenters. The van der Waals surface area contributed by atoms with Gasteiger partial charge in [0.1, 0.15) is 0 Å². The molecular formula is C11H24N2O2. The SMILES string of the molecule is CC[C@H](N)C(=O)NCC(C)(O)CC(C)C. The van der Waals surface area contributed by atoms with Crippen LogP contribution in [0.5, 0.6) is 0 Å². The maximum Gasteiger partial charge on any atom is 0.237 e. The van der Waals surface area contributed by atoms with E-state index in [0.717, 1.165) is 0 Å². The molecule has 4 nitrogen and oxygen atoms in total. The van der Waals surface area contributed by atoms with Crippen molar-refractivity contribution in [1.82, 2.24) is 5.32 Å². The summed E-state index contributed by atoms with van der Waals surface area (Å²) in [6.45, 7) is 7.92. The Balaban J connectivity index is 3.98. The van der Waals surface area contributed by atoms with Gasteiger partial charge in [0.25, 0.3) is 0 Å². The fourth-order valence-electron chi connectivity index (χ4n) is 1.55. The first-order valence-electron chi connectivity index (χ1n) is 5.54. The minimum Gasteiger partial charge on any atom is -0.388 e. The zero-order valence-electron chi connectivity index (χ0n) is 10.2. The first-order valence-corrected chi connectivity index (χ1v) is 5.54. The Morgan fingerprint density at radius 1 is 1.53 bits per heavy atom. The highest BCUT2D eigenvalue weighted by atomic mass is 16.3. The van der Waals surface area contributed by atoms with Gasteiger partial charge in [-0.3, -0.25) is 4.79 Å². The van der Waals surface area contributed by atoms with Crippen molar-refractivity contribution < 1.29 is 9.90 Å². The zero-order valence-corrected chi connectivity index (χ0v) is 10.2. The van der Waals surface area contributed by atoms with Crippen LogP contribution in [0.3, 0.4) is 0 Å². The minimum absolute atomic E-state index is 0.193. The van der Waals surface area contributed by atoms with Crippen LogP contribution in [0.1, 0.15) is 40.5 Å². The van der Waals surface area contributed by atoms with E-state index in [1.807, 2.05) is 20.8 Å². The average molecular weight is 216 g/mol. The van der Waals surface area contributed by atoms with Crippen LogP contribution in [-0.4, -0.2) is 29.2 Å². The van der Waals surface area contributed by atoms with Crippen molar-refractivity contribution in [2.75, 3.05) is 6.54 Å². The number of nitrogens with one attached hydrogen (secondary N) is 1. The van der Waals surface area contributed by atoms with Gasteiger partial charge in [-0.05, 0) is 25.7 Å². The Morgan fingerprint density at radius 2 is 2.07 bits per heavy atom. The average Bonchev–Trinajstić information content (AvgIpc) is 2.11. The van der Waals surface area contributed by atoms with Gasteiger partial charge in [-0.25, -0.2) is 0 Å². The van der Waals surface area contributed by atoms with Crippen LogP contribution in [-0.2, 0) is 4.79 Å². The lowest BCUT2D eigenvalue weighted by atomic mass is 9.94. The zero-order chi connectivity index (χ0) is 12.1. The van der Waals surface area contributed by atoms with Gasteiger partial charge in [-0.2, -0.15) is 0 Å². The second-order valence-corrected chi connectivity index (χ2v) is 4.83. The Bertz CT molecular complexity index is 203. The summed E-state index contributed by atoms with van der Waals surface area (Å²) in [7, 11) is 0. The van der Waals surface area contributed by atoms with E-state index in [2.05, 4.69) is 5.32 Å². The van der Waals surface area contributed by atoms with Gasteiger partial charge in [0.2, 0.25) is 5.91 Å². The van der Waals surface area contributed by atoms with E-state index >= 15 is 0 Å². The second-order valence-electron chi connectivity index (χ2n) is 4.83. The molecule has 0 bridgehead atoms. The molecule has 0 spiro atoms. The lowest BCUT2D eigenvalue weighted by Crippen LogP contribution is -2.47. The number of aliphatic hydroxyl groups is 1. The third-order valence-corrected chi connectivity index (χ3v) is 2.27. The summed E-state index contributed by atoms with van der Waals surface area (Å²) in [5, 5.41) is 12.6. The summed E-state index contributed by atoms with van der Waals surface area (Å²) in [5.74, 6) is 0.207. The molecule has 0 saturated heterocycles. The number of nitrogens with two attached hydrogens (primary N) is 1. The molecule has 0 aromatic rings. The summed E-state index contributed by atoms with van der Waals surface area (Å²) in [6.07, 6.45) is 1.27. The quantitative estimate of drug-likeness (QED) is 0.610. The largest absolute Gasteiger partial charge is 0.388 e. The van der Waals surface area contributed by atoms with Crippen LogP contribution < -0.4 is 11.1 Å².